The fraction of sp³-hybridized carbons (Fsp3) is 0.636. The Morgan fingerprint density at radius 2 is 2.35 bits per heavy atom. The smallest absolute Gasteiger partial charge is 0.434 e. The van der Waals surface area contributed by atoms with Gasteiger partial charge in [0.2, 0.25) is 0 Å². The second-order valence-corrected chi connectivity index (χ2v) is 5.42. The SMILES string of the molecule is COC(=O)[C@H]1C[C@H](O)CN1Cc1nc(C(F)(F)F)cs1. The molecular weight excluding hydrogens is 297 g/mol. The van der Waals surface area contributed by atoms with Crippen molar-refractivity contribution in [3.63, 3.8) is 0 Å². The summed E-state index contributed by atoms with van der Waals surface area (Å²) in [5, 5.41) is 10.8. The van der Waals surface area contributed by atoms with Gasteiger partial charge in [0, 0.05) is 18.3 Å². The molecule has 112 valence electrons. The Balaban J connectivity index is 2.08. The Morgan fingerprint density at radius 3 is 2.90 bits per heavy atom. The highest BCUT2D eigenvalue weighted by Gasteiger charge is 2.38. The molecular formula is C11H13F3N2O3S. The first-order chi connectivity index (χ1) is 9.31. The summed E-state index contributed by atoms with van der Waals surface area (Å²) in [6, 6.07) is -0.645. The summed E-state index contributed by atoms with van der Waals surface area (Å²) in [5.74, 6) is -0.505. The van der Waals surface area contributed by atoms with Gasteiger partial charge in [0.25, 0.3) is 0 Å². The number of aliphatic hydroxyl groups excluding tert-OH is 1. The van der Waals surface area contributed by atoms with Crippen molar-refractivity contribution in [3.8, 4) is 0 Å². The van der Waals surface area contributed by atoms with Crippen LogP contribution in [0.5, 0.6) is 0 Å². The molecule has 1 saturated heterocycles. The highest BCUT2D eigenvalue weighted by atomic mass is 32.1. The second-order valence-electron chi connectivity index (χ2n) is 4.48. The van der Waals surface area contributed by atoms with Gasteiger partial charge < -0.3 is 9.84 Å². The molecule has 1 aliphatic heterocycles. The molecule has 1 N–H and O–H groups in total. The summed E-state index contributed by atoms with van der Waals surface area (Å²) in [6.07, 6.45) is -4.95. The average Bonchev–Trinajstić information content (AvgIpc) is 2.95. The first kappa shape index (κ1) is 15.2. The number of halogens is 3. The van der Waals surface area contributed by atoms with E-state index in [1.807, 2.05) is 0 Å². The number of hydrogen-bond acceptors (Lipinski definition) is 6. The fourth-order valence-corrected chi connectivity index (χ4v) is 2.95. The summed E-state index contributed by atoms with van der Waals surface area (Å²) >= 11 is 0.879. The van der Waals surface area contributed by atoms with E-state index in [1.165, 1.54) is 7.11 Å². The number of β-amino-alcohol motifs (C(OH)–C–C–N with tert-alkyl or cyclic N) is 1. The highest BCUT2D eigenvalue weighted by Crippen LogP contribution is 2.31. The predicted octanol–water partition coefficient (Wildman–Crippen LogP) is 1.27. The van der Waals surface area contributed by atoms with Crippen LogP contribution in [0.25, 0.3) is 0 Å². The van der Waals surface area contributed by atoms with Gasteiger partial charge in [-0.1, -0.05) is 0 Å². The van der Waals surface area contributed by atoms with Crippen LogP contribution in [0.4, 0.5) is 13.2 Å². The van der Waals surface area contributed by atoms with Gasteiger partial charge in [-0.2, -0.15) is 13.2 Å². The Labute approximate surface area is 117 Å². The van der Waals surface area contributed by atoms with Gasteiger partial charge in [-0.3, -0.25) is 9.69 Å². The van der Waals surface area contributed by atoms with E-state index in [0.29, 0.717) is 0 Å². The Kier molecular flexibility index (Phi) is 4.31. The maximum Gasteiger partial charge on any atom is 0.434 e. The lowest BCUT2D eigenvalue weighted by atomic mass is 10.2. The monoisotopic (exact) mass is 310 g/mol. The van der Waals surface area contributed by atoms with Gasteiger partial charge in [-0.15, -0.1) is 11.3 Å². The molecule has 1 aliphatic rings. The third kappa shape index (κ3) is 3.28. The van der Waals surface area contributed by atoms with Crippen molar-refractivity contribution in [2.24, 2.45) is 0 Å². The molecule has 0 spiro atoms. The molecule has 2 heterocycles. The maximum atomic E-state index is 12.5. The van der Waals surface area contributed by atoms with Crippen molar-refractivity contribution in [1.29, 1.82) is 0 Å². The van der Waals surface area contributed by atoms with Gasteiger partial charge >= 0.3 is 12.1 Å². The van der Waals surface area contributed by atoms with E-state index >= 15 is 0 Å². The minimum absolute atomic E-state index is 0.0809. The highest BCUT2D eigenvalue weighted by molar-refractivity contribution is 7.09. The average molecular weight is 310 g/mol. The van der Waals surface area contributed by atoms with E-state index in [0.717, 1.165) is 16.7 Å². The van der Waals surface area contributed by atoms with E-state index in [4.69, 9.17) is 0 Å². The number of alkyl halides is 3. The van der Waals surface area contributed by atoms with Crippen molar-refractivity contribution < 1.29 is 27.8 Å². The third-order valence-corrected chi connectivity index (χ3v) is 3.87. The molecule has 0 aliphatic carbocycles. The number of hydrogen-bond donors (Lipinski definition) is 1. The van der Waals surface area contributed by atoms with Crippen molar-refractivity contribution in [2.75, 3.05) is 13.7 Å². The lowest BCUT2D eigenvalue weighted by Gasteiger charge is -2.20. The first-order valence-electron chi connectivity index (χ1n) is 5.82. The van der Waals surface area contributed by atoms with E-state index in [2.05, 4.69) is 9.72 Å². The van der Waals surface area contributed by atoms with E-state index < -0.39 is 30.0 Å². The molecule has 1 aromatic rings. The molecule has 0 radical (unpaired) electrons. The summed E-state index contributed by atoms with van der Waals surface area (Å²) in [7, 11) is 1.23. The van der Waals surface area contributed by atoms with Gasteiger partial charge in [0.05, 0.1) is 19.8 Å². The van der Waals surface area contributed by atoms with Crippen LogP contribution >= 0.6 is 11.3 Å². The van der Waals surface area contributed by atoms with Gasteiger partial charge in [0.1, 0.15) is 11.0 Å². The molecule has 5 nitrogen and oxygen atoms in total. The van der Waals surface area contributed by atoms with Crippen molar-refractivity contribution in [1.82, 2.24) is 9.88 Å². The zero-order chi connectivity index (χ0) is 14.9. The lowest BCUT2D eigenvalue weighted by molar-refractivity contribution is -0.146. The van der Waals surface area contributed by atoms with E-state index in [9.17, 15) is 23.1 Å². The molecule has 0 amide bonds. The maximum absolute atomic E-state index is 12.5. The molecule has 0 unspecified atom stereocenters. The molecule has 2 rings (SSSR count). The van der Waals surface area contributed by atoms with Crippen molar-refractivity contribution in [2.45, 2.75) is 31.3 Å². The summed E-state index contributed by atoms with van der Waals surface area (Å²) in [5.41, 5.74) is -0.938. The fourth-order valence-electron chi connectivity index (χ4n) is 2.12. The minimum Gasteiger partial charge on any atom is -0.468 e. The molecule has 1 fully saturated rings. The molecule has 20 heavy (non-hydrogen) atoms. The number of aromatic nitrogens is 1. The molecule has 1 aromatic heterocycles. The Morgan fingerprint density at radius 1 is 1.65 bits per heavy atom. The number of ether oxygens (including phenoxy) is 1. The Hall–Kier alpha value is -1.19. The topological polar surface area (TPSA) is 62.7 Å². The number of carbonyl (C=O) groups is 1. The minimum atomic E-state index is -4.47. The van der Waals surface area contributed by atoms with E-state index in [-0.39, 0.29) is 24.5 Å². The molecule has 0 aromatic carbocycles. The lowest BCUT2D eigenvalue weighted by Crippen LogP contribution is -2.36. The van der Waals surface area contributed by atoms with Crippen molar-refractivity contribution in [3.05, 3.63) is 16.1 Å². The van der Waals surface area contributed by atoms with Crippen LogP contribution in [0.2, 0.25) is 0 Å². The molecule has 0 bridgehead atoms. The predicted molar refractivity (Wildman–Crippen MR) is 64.0 cm³/mol. The number of thiazole rings is 1. The van der Waals surface area contributed by atoms with Crippen LogP contribution in [0, 0.1) is 0 Å². The van der Waals surface area contributed by atoms with E-state index in [1.54, 1.807) is 4.90 Å². The van der Waals surface area contributed by atoms with Crippen LogP contribution in [0.15, 0.2) is 5.38 Å². The van der Waals surface area contributed by atoms with Crippen molar-refractivity contribution >= 4 is 17.3 Å². The summed E-state index contributed by atoms with van der Waals surface area (Å²) in [4.78, 5) is 16.6. The van der Waals surface area contributed by atoms with Crippen LogP contribution in [0.3, 0.4) is 0 Å². The van der Waals surface area contributed by atoms with Crippen LogP contribution in [-0.2, 0) is 22.3 Å². The number of esters is 1. The first-order valence-corrected chi connectivity index (χ1v) is 6.70. The van der Waals surface area contributed by atoms with Crippen LogP contribution in [-0.4, -0.2) is 46.8 Å². The normalized spacial score (nSPS) is 24.1. The molecule has 2 atom stereocenters. The number of likely N-dealkylation sites (tertiary alicyclic amines) is 1. The standard InChI is InChI=1S/C11H13F3N2O3S/c1-19-10(18)7-2-6(17)3-16(7)4-9-15-8(5-20-9)11(12,13)14/h5-7,17H,2-4H2,1H3/t6-,7+/m0/s1. The second kappa shape index (κ2) is 5.66. The number of carbonyl (C=O) groups excluding carboxylic acids is 1. The summed E-state index contributed by atoms with van der Waals surface area (Å²) in [6.45, 7) is 0.290. The third-order valence-electron chi connectivity index (χ3n) is 3.04. The largest absolute Gasteiger partial charge is 0.468 e. The Bertz CT molecular complexity index is 492. The quantitative estimate of drug-likeness (QED) is 0.852. The molecule has 9 heteroatoms. The number of methoxy groups -OCH3 is 1. The van der Waals surface area contributed by atoms with Crippen LogP contribution < -0.4 is 0 Å². The summed E-state index contributed by atoms with van der Waals surface area (Å²) < 4.78 is 42.0. The van der Waals surface area contributed by atoms with Crippen LogP contribution in [0.1, 0.15) is 17.1 Å². The zero-order valence-corrected chi connectivity index (χ0v) is 11.4. The zero-order valence-electron chi connectivity index (χ0n) is 10.6. The molecule has 0 saturated carbocycles. The number of rotatable bonds is 3. The number of aliphatic hydroxyl groups is 1. The van der Waals surface area contributed by atoms with Gasteiger partial charge in [-0.25, -0.2) is 4.98 Å². The number of nitrogens with zero attached hydrogens (tertiary/aromatic N) is 2. The van der Waals surface area contributed by atoms with Gasteiger partial charge in [0.15, 0.2) is 5.69 Å². The van der Waals surface area contributed by atoms with Gasteiger partial charge in [-0.05, 0) is 0 Å².